The van der Waals surface area contributed by atoms with E-state index in [0.717, 1.165) is 0 Å². The largest absolute Gasteiger partial charge is 0.390 e. The van der Waals surface area contributed by atoms with Crippen molar-refractivity contribution in [3.8, 4) is 5.69 Å². The van der Waals surface area contributed by atoms with Crippen LogP contribution >= 0.6 is 23.2 Å². The van der Waals surface area contributed by atoms with Gasteiger partial charge in [0.2, 0.25) is 5.43 Å². The van der Waals surface area contributed by atoms with Gasteiger partial charge in [-0.25, -0.2) is 4.68 Å². The van der Waals surface area contributed by atoms with Crippen LogP contribution in [-0.4, -0.2) is 14.9 Å². The standard InChI is InChI=1S/C12H10Cl2N2O2/c1-7-2-12(18)11(6-17)15-16(7)10-4-8(13)3-9(14)5-10/h2-5,17H,6H2,1H3. The first-order chi connectivity index (χ1) is 8.51. The summed E-state index contributed by atoms with van der Waals surface area (Å²) in [4.78, 5) is 11.5. The van der Waals surface area contributed by atoms with E-state index in [1.54, 1.807) is 25.1 Å². The van der Waals surface area contributed by atoms with Gasteiger partial charge in [-0.05, 0) is 25.1 Å². The van der Waals surface area contributed by atoms with E-state index in [1.807, 2.05) is 0 Å². The number of halogens is 2. The second-order valence-electron chi connectivity index (χ2n) is 3.79. The number of rotatable bonds is 2. The summed E-state index contributed by atoms with van der Waals surface area (Å²) >= 11 is 11.8. The molecule has 0 aliphatic carbocycles. The lowest BCUT2D eigenvalue weighted by atomic mass is 10.3. The Kier molecular flexibility index (Phi) is 3.71. The number of aromatic nitrogens is 2. The molecule has 1 N–H and O–H groups in total. The van der Waals surface area contributed by atoms with Crippen LogP contribution in [0.25, 0.3) is 5.69 Å². The van der Waals surface area contributed by atoms with Crippen molar-refractivity contribution in [1.29, 1.82) is 0 Å². The maximum absolute atomic E-state index is 11.5. The molecule has 0 saturated heterocycles. The van der Waals surface area contributed by atoms with Crippen molar-refractivity contribution in [2.45, 2.75) is 13.5 Å². The Balaban J connectivity index is 2.66. The molecule has 2 rings (SSSR count). The molecular weight excluding hydrogens is 275 g/mol. The fourth-order valence-electron chi connectivity index (χ4n) is 1.62. The molecule has 0 spiro atoms. The van der Waals surface area contributed by atoms with Gasteiger partial charge in [-0.1, -0.05) is 23.2 Å². The Morgan fingerprint density at radius 1 is 1.22 bits per heavy atom. The highest BCUT2D eigenvalue weighted by Gasteiger charge is 2.08. The third kappa shape index (κ3) is 2.56. The Hall–Kier alpha value is -1.36. The summed E-state index contributed by atoms with van der Waals surface area (Å²) < 4.78 is 1.52. The van der Waals surface area contributed by atoms with Crippen molar-refractivity contribution in [2.24, 2.45) is 0 Å². The molecular formula is C12H10Cl2N2O2. The van der Waals surface area contributed by atoms with Crippen LogP contribution in [0.15, 0.2) is 29.1 Å². The van der Waals surface area contributed by atoms with Gasteiger partial charge in [0.15, 0.2) is 0 Å². The van der Waals surface area contributed by atoms with E-state index in [-0.39, 0.29) is 11.1 Å². The third-order valence-electron chi connectivity index (χ3n) is 2.42. The molecule has 1 aromatic carbocycles. The molecule has 1 aromatic heterocycles. The number of aliphatic hydroxyl groups excluding tert-OH is 1. The van der Waals surface area contributed by atoms with Crippen LogP contribution in [0.2, 0.25) is 10.0 Å². The zero-order chi connectivity index (χ0) is 13.3. The lowest BCUT2D eigenvalue weighted by Crippen LogP contribution is -2.18. The van der Waals surface area contributed by atoms with Gasteiger partial charge in [0.05, 0.1) is 12.3 Å². The van der Waals surface area contributed by atoms with Crippen LogP contribution in [0.1, 0.15) is 11.4 Å². The number of hydrogen-bond acceptors (Lipinski definition) is 3. The second-order valence-corrected chi connectivity index (χ2v) is 4.67. The molecule has 0 atom stereocenters. The fraction of sp³-hybridized carbons (Fsp3) is 0.167. The molecule has 0 saturated carbocycles. The van der Waals surface area contributed by atoms with Crippen molar-refractivity contribution >= 4 is 23.2 Å². The predicted octanol–water partition coefficient (Wildman–Crippen LogP) is 2.34. The van der Waals surface area contributed by atoms with E-state index in [0.29, 0.717) is 21.4 Å². The smallest absolute Gasteiger partial charge is 0.206 e. The maximum atomic E-state index is 11.5. The van der Waals surface area contributed by atoms with Gasteiger partial charge in [0.25, 0.3) is 0 Å². The van der Waals surface area contributed by atoms with Crippen LogP contribution in [0.4, 0.5) is 0 Å². The first kappa shape index (κ1) is 13.1. The minimum Gasteiger partial charge on any atom is -0.390 e. The monoisotopic (exact) mass is 284 g/mol. The van der Waals surface area contributed by atoms with Crippen molar-refractivity contribution in [3.63, 3.8) is 0 Å². The fourth-order valence-corrected chi connectivity index (χ4v) is 2.13. The van der Waals surface area contributed by atoms with Gasteiger partial charge in [-0.15, -0.1) is 0 Å². The van der Waals surface area contributed by atoms with Crippen molar-refractivity contribution in [2.75, 3.05) is 0 Å². The highest BCUT2D eigenvalue weighted by molar-refractivity contribution is 6.34. The van der Waals surface area contributed by atoms with Gasteiger partial charge in [0.1, 0.15) is 5.69 Å². The normalized spacial score (nSPS) is 10.7. The molecule has 1 heterocycles. The molecule has 0 amide bonds. The highest BCUT2D eigenvalue weighted by atomic mass is 35.5. The van der Waals surface area contributed by atoms with Crippen LogP contribution < -0.4 is 5.43 Å². The lowest BCUT2D eigenvalue weighted by Gasteiger charge is -2.11. The summed E-state index contributed by atoms with van der Waals surface area (Å²) in [5.41, 5.74) is 1.06. The number of aliphatic hydroxyl groups is 1. The molecule has 0 aliphatic rings. The van der Waals surface area contributed by atoms with E-state index in [4.69, 9.17) is 28.3 Å². The molecule has 0 aliphatic heterocycles. The van der Waals surface area contributed by atoms with Crippen LogP contribution in [-0.2, 0) is 6.61 Å². The topological polar surface area (TPSA) is 55.1 Å². The number of hydrogen-bond donors (Lipinski definition) is 1. The predicted molar refractivity (Wildman–Crippen MR) is 70.5 cm³/mol. The quantitative estimate of drug-likeness (QED) is 0.921. The van der Waals surface area contributed by atoms with Crippen molar-refractivity contribution < 1.29 is 5.11 Å². The summed E-state index contributed by atoms with van der Waals surface area (Å²) in [6.07, 6.45) is 0. The summed E-state index contributed by atoms with van der Waals surface area (Å²) in [5, 5.41) is 14.1. The van der Waals surface area contributed by atoms with E-state index >= 15 is 0 Å². The summed E-state index contributed by atoms with van der Waals surface area (Å²) in [7, 11) is 0. The van der Waals surface area contributed by atoms with Gasteiger partial charge in [0, 0.05) is 21.8 Å². The average molecular weight is 285 g/mol. The van der Waals surface area contributed by atoms with E-state index < -0.39 is 6.61 Å². The highest BCUT2D eigenvalue weighted by Crippen LogP contribution is 2.21. The Bertz CT molecular complexity index is 633. The molecule has 94 valence electrons. The minimum absolute atomic E-state index is 0.0803. The zero-order valence-corrected chi connectivity index (χ0v) is 11.0. The van der Waals surface area contributed by atoms with Crippen molar-refractivity contribution in [1.82, 2.24) is 9.78 Å². The minimum atomic E-state index is -0.409. The maximum Gasteiger partial charge on any atom is 0.206 e. The van der Waals surface area contributed by atoms with Gasteiger partial charge >= 0.3 is 0 Å². The number of aryl methyl sites for hydroxylation is 1. The number of nitrogens with zero attached hydrogens (tertiary/aromatic N) is 2. The SMILES string of the molecule is Cc1cc(=O)c(CO)nn1-c1cc(Cl)cc(Cl)c1. The molecule has 2 aromatic rings. The molecule has 0 bridgehead atoms. The first-order valence-electron chi connectivity index (χ1n) is 5.18. The van der Waals surface area contributed by atoms with E-state index in [2.05, 4.69) is 5.10 Å². The summed E-state index contributed by atoms with van der Waals surface area (Å²) in [5.74, 6) is 0. The van der Waals surface area contributed by atoms with Crippen LogP contribution in [0, 0.1) is 6.92 Å². The van der Waals surface area contributed by atoms with E-state index in [9.17, 15) is 4.79 Å². The second kappa shape index (κ2) is 5.10. The first-order valence-corrected chi connectivity index (χ1v) is 5.94. The van der Waals surface area contributed by atoms with Crippen molar-refractivity contribution in [3.05, 3.63) is 55.9 Å². The van der Waals surface area contributed by atoms with E-state index in [1.165, 1.54) is 10.7 Å². The summed E-state index contributed by atoms with van der Waals surface area (Å²) in [6, 6.07) is 6.38. The molecule has 0 fully saturated rings. The van der Waals surface area contributed by atoms with Crippen LogP contribution in [0.5, 0.6) is 0 Å². The summed E-state index contributed by atoms with van der Waals surface area (Å²) in [6.45, 7) is 1.33. The van der Waals surface area contributed by atoms with Crippen LogP contribution in [0.3, 0.4) is 0 Å². The zero-order valence-electron chi connectivity index (χ0n) is 9.52. The molecule has 4 nitrogen and oxygen atoms in total. The molecule has 0 radical (unpaired) electrons. The Labute approximate surface area is 113 Å². The number of benzene rings is 1. The lowest BCUT2D eigenvalue weighted by molar-refractivity contribution is 0.273. The van der Waals surface area contributed by atoms with Gasteiger partial charge in [-0.3, -0.25) is 4.79 Å². The third-order valence-corrected chi connectivity index (χ3v) is 2.86. The molecule has 0 unspecified atom stereocenters. The average Bonchev–Trinajstić information content (AvgIpc) is 2.27. The van der Waals surface area contributed by atoms with Gasteiger partial charge in [-0.2, -0.15) is 5.10 Å². The molecule has 6 heteroatoms. The Morgan fingerprint density at radius 2 is 1.83 bits per heavy atom. The molecule has 18 heavy (non-hydrogen) atoms. The Morgan fingerprint density at radius 3 is 2.39 bits per heavy atom. The van der Waals surface area contributed by atoms with Gasteiger partial charge < -0.3 is 5.11 Å².